The lowest BCUT2D eigenvalue weighted by molar-refractivity contribution is 0.0949. The fraction of sp³-hybridized carbons (Fsp3) is 0.474. The number of aromatic nitrogens is 1. The van der Waals surface area contributed by atoms with Gasteiger partial charge in [0.25, 0.3) is 5.91 Å². The van der Waals surface area contributed by atoms with Crippen LogP contribution in [0.15, 0.2) is 24.3 Å². The van der Waals surface area contributed by atoms with E-state index in [2.05, 4.69) is 15.5 Å². The van der Waals surface area contributed by atoms with Crippen LogP contribution >= 0.6 is 11.6 Å². The third-order valence-corrected chi connectivity index (χ3v) is 5.19. The van der Waals surface area contributed by atoms with E-state index >= 15 is 0 Å². The third kappa shape index (κ3) is 3.94. The van der Waals surface area contributed by atoms with Crippen molar-refractivity contribution in [3.05, 3.63) is 40.5 Å². The molecule has 0 radical (unpaired) electrons. The Morgan fingerprint density at radius 1 is 1.28 bits per heavy atom. The van der Waals surface area contributed by atoms with Crippen molar-refractivity contribution in [1.29, 1.82) is 0 Å². The van der Waals surface area contributed by atoms with Gasteiger partial charge in [-0.05, 0) is 37.1 Å². The first-order valence-electron chi connectivity index (χ1n) is 9.02. The number of fused-ring (bicyclic) bond motifs is 1. The molecule has 2 heterocycles. The second-order valence-electron chi connectivity index (χ2n) is 6.88. The molecule has 0 atom stereocenters. The molecule has 132 valence electrons. The molecule has 0 spiro atoms. The molecular weight excluding hydrogens is 336 g/mol. The normalized spacial score (nSPS) is 18.4. The first-order chi connectivity index (χ1) is 12.2. The van der Waals surface area contributed by atoms with E-state index in [1.165, 1.54) is 0 Å². The van der Waals surface area contributed by atoms with Gasteiger partial charge in [-0.1, -0.05) is 11.6 Å². The molecule has 1 aromatic heterocycles. The van der Waals surface area contributed by atoms with Crippen molar-refractivity contribution in [2.24, 2.45) is 0 Å². The Morgan fingerprint density at radius 3 is 2.84 bits per heavy atom. The summed E-state index contributed by atoms with van der Waals surface area (Å²) >= 11 is 6.14. The summed E-state index contributed by atoms with van der Waals surface area (Å²) in [4.78, 5) is 19.9. The van der Waals surface area contributed by atoms with E-state index in [1.807, 2.05) is 24.3 Å². The molecule has 2 N–H and O–H groups in total. The molecule has 0 unspecified atom stereocenters. The Kier molecular flexibility index (Phi) is 4.88. The average Bonchev–Trinajstić information content (AvgIpc) is 3.47. The fourth-order valence-electron chi connectivity index (χ4n) is 3.35. The zero-order valence-electron chi connectivity index (χ0n) is 14.2. The molecule has 1 aromatic carbocycles. The molecule has 1 aliphatic heterocycles. The molecule has 6 heteroatoms. The van der Waals surface area contributed by atoms with Crippen LogP contribution in [0.4, 0.5) is 0 Å². The van der Waals surface area contributed by atoms with Gasteiger partial charge in [0.2, 0.25) is 0 Å². The molecule has 2 aromatic rings. The van der Waals surface area contributed by atoms with Crippen LogP contribution in [0.5, 0.6) is 0 Å². The molecule has 2 aliphatic rings. The van der Waals surface area contributed by atoms with Crippen LogP contribution in [0.3, 0.4) is 0 Å². The van der Waals surface area contributed by atoms with Crippen LogP contribution in [0.2, 0.25) is 5.02 Å². The van der Waals surface area contributed by atoms with Gasteiger partial charge in [-0.3, -0.25) is 14.7 Å². The second-order valence-corrected chi connectivity index (χ2v) is 7.31. The molecular formula is C19H23ClN4O. The van der Waals surface area contributed by atoms with Crippen LogP contribution in [-0.2, 0) is 0 Å². The zero-order chi connectivity index (χ0) is 17.2. The van der Waals surface area contributed by atoms with Gasteiger partial charge in [-0.25, -0.2) is 0 Å². The van der Waals surface area contributed by atoms with Gasteiger partial charge in [0, 0.05) is 61.3 Å². The highest BCUT2D eigenvalue weighted by molar-refractivity contribution is 6.31. The van der Waals surface area contributed by atoms with Gasteiger partial charge in [-0.15, -0.1) is 0 Å². The summed E-state index contributed by atoms with van der Waals surface area (Å²) in [7, 11) is 0. The predicted molar refractivity (Wildman–Crippen MR) is 100 cm³/mol. The van der Waals surface area contributed by atoms with E-state index in [1.54, 1.807) is 0 Å². The highest BCUT2D eigenvalue weighted by Gasteiger charge is 2.27. The zero-order valence-corrected chi connectivity index (χ0v) is 15.0. The summed E-state index contributed by atoms with van der Waals surface area (Å²) in [5.41, 5.74) is 2.57. The maximum atomic E-state index is 12.8. The van der Waals surface area contributed by atoms with Crippen molar-refractivity contribution in [2.45, 2.75) is 18.8 Å². The number of benzene rings is 1. The lowest BCUT2D eigenvalue weighted by Crippen LogP contribution is -2.46. The number of halogens is 1. The van der Waals surface area contributed by atoms with E-state index in [0.717, 1.165) is 62.2 Å². The Morgan fingerprint density at radius 2 is 2.08 bits per heavy atom. The van der Waals surface area contributed by atoms with Gasteiger partial charge >= 0.3 is 0 Å². The standard InChI is InChI=1S/C19H23ClN4O/c20-14-3-4-17-15(11-14)16(12-18(23-17)13-1-2-13)19(25)22-7-10-24-8-5-21-6-9-24/h3-4,11-13,21H,1-2,5-10H2,(H,22,25). The maximum Gasteiger partial charge on any atom is 0.252 e. The number of pyridine rings is 1. The SMILES string of the molecule is O=C(NCCN1CCNCC1)c1cc(C2CC2)nc2ccc(Cl)cc12. The number of hydrogen-bond acceptors (Lipinski definition) is 4. The molecule has 1 amide bonds. The first kappa shape index (κ1) is 16.8. The molecule has 0 bridgehead atoms. The summed E-state index contributed by atoms with van der Waals surface area (Å²) in [6, 6.07) is 7.53. The Labute approximate surface area is 152 Å². The quantitative estimate of drug-likeness (QED) is 0.861. The monoisotopic (exact) mass is 358 g/mol. The third-order valence-electron chi connectivity index (χ3n) is 4.95. The molecule has 5 nitrogen and oxygen atoms in total. The van der Waals surface area contributed by atoms with Crippen molar-refractivity contribution in [1.82, 2.24) is 20.5 Å². The Balaban J connectivity index is 1.51. The lowest BCUT2D eigenvalue weighted by Gasteiger charge is -2.27. The number of amides is 1. The molecule has 25 heavy (non-hydrogen) atoms. The van der Waals surface area contributed by atoms with Crippen molar-refractivity contribution in [3.63, 3.8) is 0 Å². The molecule has 2 fully saturated rings. The van der Waals surface area contributed by atoms with Gasteiger partial charge < -0.3 is 10.6 Å². The highest BCUT2D eigenvalue weighted by Crippen LogP contribution is 2.40. The molecule has 1 aliphatic carbocycles. The first-order valence-corrected chi connectivity index (χ1v) is 9.40. The van der Waals surface area contributed by atoms with E-state index in [9.17, 15) is 4.79 Å². The largest absolute Gasteiger partial charge is 0.351 e. The van der Waals surface area contributed by atoms with Crippen molar-refractivity contribution in [3.8, 4) is 0 Å². The summed E-state index contributed by atoms with van der Waals surface area (Å²) in [5.74, 6) is 0.471. The van der Waals surface area contributed by atoms with Crippen LogP contribution in [0.1, 0.15) is 34.8 Å². The molecule has 1 saturated carbocycles. The lowest BCUT2D eigenvalue weighted by atomic mass is 10.1. The van der Waals surface area contributed by atoms with Gasteiger partial charge in [-0.2, -0.15) is 0 Å². The number of nitrogens with zero attached hydrogens (tertiary/aromatic N) is 2. The summed E-state index contributed by atoms with van der Waals surface area (Å²) in [6.07, 6.45) is 2.33. The smallest absolute Gasteiger partial charge is 0.252 e. The fourth-order valence-corrected chi connectivity index (χ4v) is 3.52. The topological polar surface area (TPSA) is 57.3 Å². The predicted octanol–water partition coefficient (Wildman–Crippen LogP) is 2.40. The average molecular weight is 359 g/mol. The number of carbonyl (C=O) groups excluding carboxylic acids is 1. The van der Waals surface area contributed by atoms with Gasteiger partial charge in [0.15, 0.2) is 0 Å². The number of hydrogen-bond donors (Lipinski definition) is 2. The van der Waals surface area contributed by atoms with E-state index < -0.39 is 0 Å². The van der Waals surface area contributed by atoms with Crippen LogP contribution in [0.25, 0.3) is 10.9 Å². The van der Waals surface area contributed by atoms with E-state index in [-0.39, 0.29) is 5.91 Å². The van der Waals surface area contributed by atoms with Crippen LogP contribution in [0, 0.1) is 0 Å². The van der Waals surface area contributed by atoms with Gasteiger partial charge in [0.05, 0.1) is 11.1 Å². The van der Waals surface area contributed by atoms with Crippen LogP contribution < -0.4 is 10.6 Å². The highest BCUT2D eigenvalue weighted by atomic mass is 35.5. The van der Waals surface area contributed by atoms with Crippen LogP contribution in [-0.4, -0.2) is 55.1 Å². The number of piperazine rings is 1. The summed E-state index contributed by atoms with van der Waals surface area (Å²) in [6.45, 7) is 5.65. The maximum absolute atomic E-state index is 12.8. The summed E-state index contributed by atoms with van der Waals surface area (Å²) in [5, 5.41) is 7.87. The number of nitrogens with one attached hydrogen (secondary N) is 2. The second kappa shape index (κ2) is 7.28. The minimum Gasteiger partial charge on any atom is -0.351 e. The minimum absolute atomic E-state index is 0.0355. The van der Waals surface area contributed by atoms with E-state index in [0.29, 0.717) is 23.0 Å². The Hall–Kier alpha value is -1.69. The minimum atomic E-state index is -0.0355. The van der Waals surface area contributed by atoms with Gasteiger partial charge in [0.1, 0.15) is 0 Å². The number of rotatable bonds is 5. The van der Waals surface area contributed by atoms with Crippen molar-refractivity contribution < 1.29 is 4.79 Å². The number of carbonyl (C=O) groups is 1. The summed E-state index contributed by atoms with van der Waals surface area (Å²) < 4.78 is 0. The molecule has 1 saturated heterocycles. The van der Waals surface area contributed by atoms with E-state index in [4.69, 9.17) is 16.6 Å². The Bertz CT molecular complexity index is 784. The van der Waals surface area contributed by atoms with Crippen molar-refractivity contribution in [2.75, 3.05) is 39.3 Å². The molecule has 4 rings (SSSR count). The van der Waals surface area contributed by atoms with Crippen molar-refractivity contribution >= 4 is 28.4 Å².